The van der Waals surface area contributed by atoms with E-state index in [1.54, 1.807) is 6.07 Å². The van der Waals surface area contributed by atoms with Crippen molar-refractivity contribution in [2.45, 2.75) is 13.5 Å². The van der Waals surface area contributed by atoms with Gasteiger partial charge < -0.3 is 19.8 Å². The molecule has 120 valence electrons. The molecule has 2 aromatic rings. The molecule has 0 spiro atoms. The maximum absolute atomic E-state index is 12.0. The average molecular weight is 325 g/mol. The van der Waals surface area contributed by atoms with Gasteiger partial charge in [-0.1, -0.05) is 25.1 Å². The zero-order valence-corrected chi connectivity index (χ0v) is 13.3. The molecule has 22 heavy (non-hydrogen) atoms. The second-order valence-electron chi connectivity index (χ2n) is 4.49. The first-order valence-corrected chi connectivity index (χ1v) is 7.04. The van der Waals surface area contributed by atoms with Gasteiger partial charge >= 0.3 is 0 Å². The third-order valence-electron chi connectivity index (χ3n) is 2.93. The van der Waals surface area contributed by atoms with Crippen LogP contribution in [0, 0.1) is 0 Å². The fourth-order valence-electron chi connectivity index (χ4n) is 1.85. The number of ether oxygens (including phenoxy) is 1. The molecule has 0 aliphatic heterocycles. The van der Waals surface area contributed by atoms with Gasteiger partial charge in [-0.05, 0) is 24.7 Å². The van der Waals surface area contributed by atoms with Crippen molar-refractivity contribution in [3.8, 4) is 5.75 Å². The standard InChI is InChI=1S/C16H20N2O3.ClH/c1-2-17-9-10-18-16(19)15-13(8-11-20-15)12-21-14-6-4-3-5-7-14;/h3-8,11,17H,2,9-10,12H2,1H3,(H,18,19);1H. The van der Waals surface area contributed by atoms with E-state index in [9.17, 15) is 4.79 Å². The van der Waals surface area contributed by atoms with Gasteiger partial charge in [0.1, 0.15) is 12.4 Å². The van der Waals surface area contributed by atoms with Crippen LogP contribution < -0.4 is 15.4 Å². The monoisotopic (exact) mass is 324 g/mol. The van der Waals surface area contributed by atoms with Crippen molar-refractivity contribution in [1.29, 1.82) is 0 Å². The Bertz CT molecular complexity index is 558. The summed E-state index contributed by atoms with van der Waals surface area (Å²) in [5.41, 5.74) is 0.736. The third-order valence-corrected chi connectivity index (χ3v) is 2.93. The van der Waals surface area contributed by atoms with Crippen LogP contribution in [0.1, 0.15) is 23.0 Å². The zero-order valence-electron chi connectivity index (χ0n) is 12.5. The van der Waals surface area contributed by atoms with Crippen LogP contribution in [-0.2, 0) is 6.61 Å². The average Bonchev–Trinajstić information content (AvgIpc) is 2.99. The van der Waals surface area contributed by atoms with Crippen LogP contribution in [0.2, 0.25) is 0 Å². The van der Waals surface area contributed by atoms with E-state index in [1.807, 2.05) is 37.3 Å². The summed E-state index contributed by atoms with van der Waals surface area (Å²) < 4.78 is 10.9. The molecule has 5 nitrogen and oxygen atoms in total. The normalized spacial score (nSPS) is 9.86. The van der Waals surface area contributed by atoms with Crippen LogP contribution in [0.3, 0.4) is 0 Å². The van der Waals surface area contributed by atoms with E-state index in [0.717, 1.165) is 24.4 Å². The minimum atomic E-state index is -0.218. The molecule has 0 aliphatic carbocycles. The molecule has 0 radical (unpaired) electrons. The number of halogens is 1. The van der Waals surface area contributed by atoms with Gasteiger partial charge in [-0.3, -0.25) is 4.79 Å². The molecule has 1 aromatic carbocycles. The predicted molar refractivity (Wildman–Crippen MR) is 87.6 cm³/mol. The Morgan fingerprint density at radius 1 is 1.18 bits per heavy atom. The molecule has 0 saturated heterocycles. The van der Waals surface area contributed by atoms with Crippen LogP contribution in [0.15, 0.2) is 47.1 Å². The SMILES string of the molecule is CCNCCNC(=O)c1occc1COc1ccccc1.Cl. The van der Waals surface area contributed by atoms with E-state index in [2.05, 4.69) is 10.6 Å². The predicted octanol–water partition coefficient (Wildman–Crippen LogP) is 2.62. The van der Waals surface area contributed by atoms with Crippen molar-refractivity contribution in [1.82, 2.24) is 10.6 Å². The molecule has 0 unspecified atom stereocenters. The molecule has 2 rings (SSSR count). The van der Waals surface area contributed by atoms with E-state index in [0.29, 0.717) is 18.9 Å². The molecule has 2 N–H and O–H groups in total. The van der Waals surface area contributed by atoms with Crippen molar-refractivity contribution in [2.24, 2.45) is 0 Å². The number of hydrogen-bond donors (Lipinski definition) is 2. The lowest BCUT2D eigenvalue weighted by atomic mass is 10.2. The Labute approximate surface area is 136 Å². The van der Waals surface area contributed by atoms with Gasteiger partial charge in [-0.2, -0.15) is 0 Å². The molecule has 1 amide bonds. The number of benzene rings is 1. The number of amides is 1. The maximum atomic E-state index is 12.0. The first-order valence-electron chi connectivity index (χ1n) is 7.04. The van der Waals surface area contributed by atoms with E-state index >= 15 is 0 Å². The van der Waals surface area contributed by atoms with E-state index in [1.165, 1.54) is 6.26 Å². The van der Waals surface area contributed by atoms with E-state index in [-0.39, 0.29) is 18.3 Å². The van der Waals surface area contributed by atoms with Crippen molar-refractivity contribution in [3.05, 3.63) is 54.0 Å². The van der Waals surface area contributed by atoms with Crippen LogP contribution in [0.4, 0.5) is 0 Å². The molecule has 0 fully saturated rings. The highest BCUT2D eigenvalue weighted by molar-refractivity contribution is 5.92. The summed E-state index contributed by atoms with van der Waals surface area (Å²) in [5, 5.41) is 5.95. The van der Waals surface area contributed by atoms with Crippen molar-refractivity contribution in [3.63, 3.8) is 0 Å². The number of likely N-dealkylation sites (N-methyl/N-ethyl adjacent to an activating group) is 1. The summed E-state index contributed by atoms with van der Waals surface area (Å²) in [6.07, 6.45) is 1.50. The summed E-state index contributed by atoms with van der Waals surface area (Å²) in [4.78, 5) is 12.0. The van der Waals surface area contributed by atoms with Crippen LogP contribution >= 0.6 is 12.4 Å². The maximum Gasteiger partial charge on any atom is 0.287 e. The molecule has 0 atom stereocenters. The second kappa shape index (κ2) is 9.87. The Morgan fingerprint density at radius 3 is 2.68 bits per heavy atom. The lowest BCUT2D eigenvalue weighted by Crippen LogP contribution is -2.32. The van der Waals surface area contributed by atoms with Gasteiger partial charge in [-0.25, -0.2) is 0 Å². The number of carbonyl (C=O) groups is 1. The summed E-state index contributed by atoms with van der Waals surface area (Å²) in [6, 6.07) is 11.2. The highest BCUT2D eigenvalue weighted by atomic mass is 35.5. The number of para-hydroxylation sites is 1. The quantitative estimate of drug-likeness (QED) is 0.733. The van der Waals surface area contributed by atoms with Crippen LogP contribution in [0.5, 0.6) is 5.75 Å². The number of carbonyl (C=O) groups excluding carboxylic acids is 1. The number of furan rings is 1. The molecule has 0 bridgehead atoms. The summed E-state index contributed by atoms with van der Waals surface area (Å²) in [6.45, 7) is 4.50. The first kappa shape index (κ1) is 18.1. The molecule has 1 heterocycles. The van der Waals surface area contributed by atoms with Gasteiger partial charge in [0, 0.05) is 18.7 Å². The fourth-order valence-corrected chi connectivity index (χ4v) is 1.85. The van der Waals surface area contributed by atoms with Crippen LogP contribution in [-0.4, -0.2) is 25.5 Å². The smallest absolute Gasteiger partial charge is 0.287 e. The van der Waals surface area contributed by atoms with Gasteiger partial charge in [0.05, 0.1) is 6.26 Å². The number of hydrogen-bond acceptors (Lipinski definition) is 4. The minimum absolute atomic E-state index is 0. The van der Waals surface area contributed by atoms with Crippen LogP contribution in [0.25, 0.3) is 0 Å². The number of rotatable bonds is 8. The largest absolute Gasteiger partial charge is 0.489 e. The van der Waals surface area contributed by atoms with E-state index < -0.39 is 0 Å². The molecule has 1 aromatic heterocycles. The lowest BCUT2D eigenvalue weighted by Gasteiger charge is -2.07. The zero-order chi connectivity index (χ0) is 14.9. The molecular formula is C16H21ClN2O3. The minimum Gasteiger partial charge on any atom is -0.489 e. The second-order valence-corrected chi connectivity index (χ2v) is 4.49. The number of nitrogens with one attached hydrogen (secondary N) is 2. The van der Waals surface area contributed by atoms with Crippen molar-refractivity contribution >= 4 is 18.3 Å². The Balaban J connectivity index is 0.00000242. The lowest BCUT2D eigenvalue weighted by molar-refractivity contribution is 0.0923. The molecule has 0 saturated carbocycles. The summed E-state index contributed by atoms with van der Waals surface area (Å²) >= 11 is 0. The molecule has 6 heteroatoms. The highest BCUT2D eigenvalue weighted by Crippen LogP contribution is 2.15. The van der Waals surface area contributed by atoms with Gasteiger partial charge in [0.25, 0.3) is 5.91 Å². The summed E-state index contributed by atoms with van der Waals surface area (Å²) in [7, 11) is 0. The first-order chi connectivity index (χ1) is 10.3. The van der Waals surface area contributed by atoms with E-state index in [4.69, 9.17) is 9.15 Å². The fraction of sp³-hybridized carbons (Fsp3) is 0.312. The third kappa shape index (κ3) is 5.42. The Morgan fingerprint density at radius 2 is 1.95 bits per heavy atom. The molecular weight excluding hydrogens is 304 g/mol. The topological polar surface area (TPSA) is 63.5 Å². The van der Waals surface area contributed by atoms with Crippen molar-refractivity contribution in [2.75, 3.05) is 19.6 Å². The van der Waals surface area contributed by atoms with Gasteiger partial charge in [-0.15, -0.1) is 12.4 Å². The molecule has 0 aliphatic rings. The highest BCUT2D eigenvalue weighted by Gasteiger charge is 2.15. The summed E-state index contributed by atoms with van der Waals surface area (Å²) in [5.74, 6) is 0.851. The van der Waals surface area contributed by atoms with Gasteiger partial charge in [0.15, 0.2) is 5.76 Å². The van der Waals surface area contributed by atoms with Gasteiger partial charge in [0.2, 0.25) is 0 Å². The Kier molecular flexibility index (Phi) is 8.10. The van der Waals surface area contributed by atoms with Crippen molar-refractivity contribution < 1.29 is 13.9 Å². The Hall–Kier alpha value is -1.98.